The first-order valence-corrected chi connectivity index (χ1v) is 10.9. The molecule has 0 saturated heterocycles. The van der Waals surface area contributed by atoms with Crippen LogP contribution in [0.3, 0.4) is 0 Å². The average Bonchev–Trinajstić information content (AvgIpc) is 2.61. The molecule has 0 spiro atoms. The fourth-order valence-electron chi connectivity index (χ4n) is 2.94. The molecule has 152 valence electrons. The molecule has 0 unspecified atom stereocenters. The average molecular weight is 404 g/mol. The molecule has 6 nitrogen and oxygen atoms in total. The van der Waals surface area contributed by atoms with Gasteiger partial charge in [0.25, 0.3) is 0 Å². The zero-order valence-electron chi connectivity index (χ0n) is 16.8. The van der Waals surface area contributed by atoms with Gasteiger partial charge in [0.05, 0.1) is 10.9 Å². The van der Waals surface area contributed by atoms with Gasteiger partial charge in [-0.3, -0.25) is 10.1 Å². The summed E-state index contributed by atoms with van der Waals surface area (Å²) < 4.78 is 22.6. The molecule has 2 rings (SSSR count). The van der Waals surface area contributed by atoms with Crippen molar-refractivity contribution in [2.75, 3.05) is 5.32 Å². The summed E-state index contributed by atoms with van der Waals surface area (Å²) in [5.41, 5.74) is 2.93. The van der Waals surface area contributed by atoms with Gasteiger partial charge < -0.3 is 5.32 Å². The van der Waals surface area contributed by atoms with Crippen LogP contribution in [0.5, 0.6) is 0 Å². The number of primary sulfonamides is 1. The van der Waals surface area contributed by atoms with Crippen LogP contribution in [0.2, 0.25) is 0 Å². The summed E-state index contributed by atoms with van der Waals surface area (Å²) in [5.74, 6) is 0.413. The third kappa shape index (κ3) is 6.44. The number of anilines is 1. The van der Waals surface area contributed by atoms with Crippen LogP contribution in [-0.4, -0.2) is 20.4 Å². The minimum Gasteiger partial charge on any atom is -0.325 e. The minimum atomic E-state index is -3.75. The summed E-state index contributed by atoms with van der Waals surface area (Å²) in [6.07, 6.45) is 1.05. The largest absolute Gasteiger partial charge is 0.325 e. The Morgan fingerprint density at radius 3 is 2.04 bits per heavy atom. The Labute approximate surface area is 167 Å². The maximum absolute atomic E-state index is 12.4. The molecule has 0 aromatic heterocycles. The zero-order valence-corrected chi connectivity index (χ0v) is 17.6. The molecule has 0 aliphatic heterocycles. The maximum Gasteiger partial charge on any atom is 0.241 e. The van der Waals surface area contributed by atoms with Crippen LogP contribution in [0.1, 0.15) is 44.9 Å². The molecular formula is C21H29N3O3S. The van der Waals surface area contributed by atoms with Crippen LogP contribution in [0.4, 0.5) is 5.69 Å². The molecule has 2 aromatic rings. The number of benzene rings is 2. The van der Waals surface area contributed by atoms with E-state index in [0.717, 1.165) is 12.0 Å². The SMILES string of the molecule is CC(C)Cc1ccc([C@@H](C)N[C@@H](C)C(=O)Nc2ccc(S(N)(=O)=O)cc2)cc1. The predicted molar refractivity (Wildman–Crippen MR) is 112 cm³/mol. The van der Waals surface area contributed by atoms with Crippen molar-refractivity contribution in [3.63, 3.8) is 0 Å². The second kappa shape index (κ2) is 9.32. The van der Waals surface area contributed by atoms with Crippen molar-refractivity contribution in [2.24, 2.45) is 11.1 Å². The van der Waals surface area contributed by atoms with E-state index in [-0.39, 0.29) is 16.8 Å². The number of amides is 1. The van der Waals surface area contributed by atoms with Gasteiger partial charge in [-0.1, -0.05) is 38.1 Å². The Morgan fingerprint density at radius 1 is 0.964 bits per heavy atom. The van der Waals surface area contributed by atoms with Gasteiger partial charge in [-0.25, -0.2) is 13.6 Å². The number of nitrogens with one attached hydrogen (secondary N) is 2. The summed E-state index contributed by atoms with van der Waals surface area (Å²) in [7, 11) is -3.75. The molecule has 0 fully saturated rings. The zero-order chi connectivity index (χ0) is 20.9. The van der Waals surface area contributed by atoms with E-state index < -0.39 is 16.1 Å². The highest BCUT2D eigenvalue weighted by Gasteiger charge is 2.17. The molecule has 0 saturated carbocycles. The molecule has 0 radical (unpaired) electrons. The van der Waals surface area contributed by atoms with Crippen molar-refractivity contribution in [3.05, 3.63) is 59.7 Å². The van der Waals surface area contributed by atoms with Crippen molar-refractivity contribution < 1.29 is 13.2 Å². The van der Waals surface area contributed by atoms with Gasteiger partial charge in [-0.15, -0.1) is 0 Å². The lowest BCUT2D eigenvalue weighted by atomic mass is 9.99. The molecule has 4 N–H and O–H groups in total. The topological polar surface area (TPSA) is 101 Å². The van der Waals surface area contributed by atoms with E-state index in [2.05, 4.69) is 48.7 Å². The fourth-order valence-corrected chi connectivity index (χ4v) is 3.45. The standard InChI is InChI=1S/C21H29N3O3S/c1-14(2)13-17-5-7-18(8-6-17)15(3)23-16(4)21(25)24-19-9-11-20(12-10-19)28(22,26)27/h5-12,14-16,23H,13H2,1-4H3,(H,24,25)(H2,22,26,27)/t15-,16+/m1/s1. The van der Waals surface area contributed by atoms with Gasteiger partial charge in [0, 0.05) is 11.7 Å². The second-order valence-electron chi connectivity index (χ2n) is 7.51. The molecule has 0 aliphatic rings. The van der Waals surface area contributed by atoms with Crippen LogP contribution >= 0.6 is 0 Å². The molecule has 1 amide bonds. The lowest BCUT2D eigenvalue weighted by Gasteiger charge is -2.20. The number of sulfonamides is 1. The van der Waals surface area contributed by atoms with E-state index in [1.807, 2.05) is 6.92 Å². The molecule has 0 bridgehead atoms. The Bertz CT molecular complexity index is 891. The summed E-state index contributed by atoms with van der Waals surface area (Å²) in [6, 6.07) is 13.8. The van der Waals surface area contributed by atoms with Crippen molar-refractivity contribution in [1.82, 2.24) is 5.32 Å². The number of hydrogen-bond donors (Lipinski definition) is 3. The van der Waals surface area contributed by atoms with Gasteiger partial charge in [0.15, 0.2) is 0 Å². The quantitative estimate of drug-likeness (QED) is 0.630. The number of rotatable bonds is 8. The molecule has 28 heavy (non-hydrogen) atoms. The summed E-state index contributed by atoms with van der Waals surface area (Å²) in [4.78, 5) is 12.4. The van der Waals surface area contributed by atoms with Crippen molar-refractivity contribution in [1.29, 1.82) is 0 Å². The molecule has 2 aromatic carbocycles. The van der Waals surface area contributed by atoms with Crippen LogP contribution in [0, 0.1) is 5.92 Å². The first-order chi connectivity index (χ1) is 13.1. The van der Waals surface area contributed by atoms with E-state index in [4.69, 9.17) is 5.14 Å². The highest BCUT2D eigenvalue weighted by molar-refractivity contribution is 7.89. The van der Waals surface area contributed by atoms with Crippen LogP contribution < -0.4 is 15.8 Å². The third-order valence-electron chi connectivity index (χ3n) is 4.47. The molecule has 2 atom stereocenters. The van der Waals surface area contributed by atoms with Gasteiger partial charge in [-0.2, -0.15) is 0 Å². The Morgan fingerprint density at radius 2 is 1.54 bits per heavy atom. The van der Waals surface area contributed by atoms with E-state index in [0.29, 0.717) is 11.6 Å². The number of carbonyl (C=O) groups excluding carboxylic acids is 1. The predicted octanol–water partition coefficient (Wildman–Crippen LogP) is 3.21. The number of nitrogens with two attached hydrogens (primary N) is 1. The van der Waals surface area contributed by atoms with E-state index in [1.165, 1.54) is 29.8 Å². The van der Waals surface area contributed by atoms with Crippen molar-refractivity contribution in [3.8, 4) is 0 Å². The Balaban J connectivity index is 1.94. The Hall–Kier alpha value is -2.22. The first kappa shape index (κ1) is 22.1. The number of carbonyl (C=O) groups is 1. The van der Waals surface area contributed by atoms with Crippen LogP contribution in [-0.2, 0) is 21.2 Å². The monoisotopic (exact) mass is 403 g/mol. The maximum atomic E-state index is 12.4. The molecule has 0 aliphatic carbocycles. The number of hydrogen-bond acceptors (Lipinski definition) is 4. The van der Waals surface area contributed by atoms with Gasteiger partial charge in [-0.05, 0) is 61.6 Å². The van der Waals surface area contributed by atoms with Gasteiger partial charge in [0.2, 0.25) is 15.9 Å². The normalized spacial score (nSPS) is 13.9. The van der Waals surface area contributed by atoms with Crippen LogP contribution in [0.25, 0.3) is 0 Å². The highest BCUT2D eigenvalue weighted by atomic mass is 32.2. The van der Waals surface area contributed by atoms with Crippen LogP contribution in [0.15, 0.2) is 53.4 Å². The van der Waals surface area contributed by atoms with E-state index in [1.54, 1.807) is 6.92 Å². The lowest BCUT2D eigenvalue weighted by Crippen LogP contribution is -2.39. The smallest absolute Gasteiger partial charge is 0.241 e. The highest BCUT2D eigenvalue weighted by Crippen LogP contribution is 2.17. The van der Waals surface area contributed by atoms with Crippen molar-refractivity contribution in [2.45, 2.75) is 51.1 Å². The molecule has 7 heteroatoms. The van der Waals surface area contributed by atoms with E-state index in [9.17, 15) is 13.2 Å². The van der Waals surface area contributed by atoms with Gasteiger partial charge >= 0.3 is 0 Å². The van der Waals surface area contributed by atoms with Crippen molar-refractivity contribution >= 4 is 21.6 Å². The summed E-state index contributed by atoms with van der Waals surface area (Å²) >= 11 is 0. The first-order valence-electron chi connectivity index (χ1n) is 9.35. The second-order valence-corrected chi connectivity index (χ2v) is 9.07. The fraction of sp³-hybridized carbons (Fsp3) is 0.381. The van der Waals surface area contributed by atoms with E-state index >= 15 is 0 Å². The molecular weight excluding hydrogens is 374 g/mol. The third-order valence-corrected chi connectivity index (χ3v) is 5.40. The minimum absolute atomic E-state index is 0.00575. The Kier molecular flexibility index (Phi) is 7.35. The summed E-state index contributed by atoms with van der Waals surface area (Å²) in [6.45, 7) is 8.20. The summed E-state index contributed by atoms with van der Waals surface area (Å²) in [5, 5.41) is 11.1. The molecule has 0 heterocycles. The lowest BCUT2D eigenvalue weighted by molar-refractivity contribution is -0.117. The van der Waals surface area contributed by atoms with Gasteiger partial charge in [0.1, 0.15) is 0 Å².